The van der Waals surface area contributed by atoms with Crippen LogP contribution < -0.4 is 5.32 Å². The third kappa shape index (κ3) is 3.92. The third-order valence-electron chi connectivity index (χ3n) is 3.24. The average molecular weight is 351 g/mol. The molecule has 2 aromatic heterocycles. The van der Waals surface area contributed by atoms with E-state index in [2.05, 4.69) is 64.2 Å². The van der Waals surface area contributed by atoms with Gasteiger partial charge in [-0.25, -0.2) is 9.67 Å². The summed E-state index contributed by atoms with van der Waals surface area (Å²) in [6.07, 6.45) is 0. The van der Waals surface area contributed by atoms with Gasteiger partial charge in [0.1, 0.15) is 0 Å². The van der Waals surface area contributed by atoms with Crippen molar-refractivity contribution in [1.29, 1.82) is 0 Å². The molecule has 21 heavy (non-hydrogen) atoms. The van der Waals surface area contributed by atoms with E-state index in [1.165, 1.54) is 5.56 Å². The maximum atomic E-state index is 4.62. The first-order valence-corrected chi connectivity index (χ1v) is 7.91. The quantitative estimate of drug-likeness (QED) is 0.914. The molecule has 0 saturated carbocycles. The van der Waals surface area contributed by atoms with E-state index < -0.39 is 0 Å². The Labute approximate surface area is 135 Å². The smallest absolute Gasteiger partial charge is 0.154 e. The Morgan fingerprint density at radius 3 is 2.38 bits per heavy atom. The monoisotopic (exact) mass is 350 g/mol. The third-order valence-corrected chi connectivity index (χ3v) is 4.39. The Morgan fingerprint density at radius 2 is 1.86 bits per heavy atom. The maximum Gasteiger partial charge on any atom is 0.154 e. The van der Waals surface area contributed by atoms with E-state index in [1.54, 1.807) is 0 Å². The van der Waals surface area contributed by atoms with Crippen LogP contribution in [0.1, 0.15) is 43.4 Å². The molecule has 0 aliphatic carbocycles. The Morgan fingerprint density at radius 1 is 1.19 bits per heavy atom. The summed E-state index contributed by atoms with van der Waals surface area (Å²) in [5.41, 5.74) is 4.36. The van der Waals surface area contributed by atoms with Crippen LogP contribution in [-0.2, 0) is 6.54 Å². The van der Waals surface area contributed by atoms with E-state index in [1.807, 2.05) is 25.5 Å². The van der Waals surface area contributed by atoms with Gasteiger partial charge in [-0.1, -0.05) is 0 Å². The molecule has 2 rings (SSSR count). The van der Waals surface area contributed by atoms with E-state index >= 15 is 0 Å². The molecule has 0 atom stereocenters. The van der Waals surface area contributed by atoms with Crippen LogP contribution in [0.15, 0.2) is 16.6 Å². The Hall–Kier alpha value is -1.20. The summed E-state index contributed by atoms with van der Waals surface area (Å²) in [5, 5.41) is 8.07. The SMILES string of the molecule is Cc1cc(CNC(C)(C)C)cc(-n2nc(C)c(Br)c2C)n1. The van der Waals surface area contributed by atoms with Crippen LogP contribution in [0.3, 0.4) is 0 Å². The molecule has 4 nitrogen and oxygen atoms in total. The summed E-state index contributed by atoms with van der Waals surface area (Å²) >= 11 is 3.57. The van der Waals surface area contributed by atoms with E-state index in [4.69, 9.17) is 0 Å². The minimum absolute atomic E-state index is 0.0958. The minimum Gasteiger partial charge on any atom is -0.308 e. The van der Waals surface area contributed by atoms with Gasteiger partial charge in [0.05, 0.1) is 15.9 Å². The largest absolute Gasteiger partial charge is 0.308 e. The van der Waals surface area contributed by atoms with Crippen molar-refractivity contribution >= 4 is 15.9 Å². The molecule has 0 bridgehead atoms. The van der Waals surface area contributed by atoms with Gasteiger partial charge >= 0.3 is 0 Å². The lowest BCUT2D eigenvalue weighted by Gasteiger charge is -2.21. The second-order valence-corrected chi connectivity index (χ2v) is 7.27. The summed E-state index contributed by atoms with van der Waals surface area (Å²) in [6, 6.07) is 4.21. The molecule has 0 radical (unpaired) electrons. The number of nitrogens with zero attached hydrogens (tertiary/aromatic N) is 3. The standard InChI is InChI=1S/C16H23BrN4/c1-10-7-13(9-18-16(4,5)6)8-14(19-10)21-12(3)15(17)11(2)20-21/h7-8,18H,9H2,1-6H3. The van der Waals surface area contributed by atoms with Crippen LogP contribution in [0.5, 0.6) is 0 Å². The van der Waals surface area contributed by atoms with Gasteiger partial charge in [-0.05, 0) is 75.2 Å². The van der Waals surface area contributed by atoms with Crippen molar-refractivity contribution in [1.82, 2.24) is 20.1 Å². The molecule has 1 N–H and O–H groups in total. The van der Waals surface area contributed by atoms with Gasteiger partial charge in [-0.3, -0.25) is 0 Å². The van der Waals surface area contributed by atoms with Crippen LogP contribution in [0.4, 0.5) is 0 Å². The van der Waals surface area contributed by atoms with Crippen molar-refractivity contribution in [3.8, 4) is 5.82 Å². The highest BCUT2D eigenvalue weighted by atomic mass is 79.9. The second-order valence-electron chi connectivity index (χ2n) is 6.48. The molecule has 0 saturated heterocycles. The minimum atomic E-state index is 0.0958. The van der Waals surface area contributed by atoms with Gasteiger partial charge in [-0.2, -0.15) is 5.10 Å². The van der Waals surface area contributed by atoms with Gasteiger partial charge in [-0.15, -0.1) is 0 Å². The topological polar surface area (TPSA) is 42.7 Å². The van der Waals surface area contributed by atoms with Crippen LogP contribution in [0.25, 0.3) is 5.82 Å². The first kappa shape index (κ1) is 16.2. The molecular formula is C16H23BrN4. The van der Waals surface area contributed by atoms with E-state index in [9.17, 15) is 0 Å². The highest BCUT2D eigenvalue weighted by Gasteiger charge is 2.13. The molecule has 0 spiro atoms. The number of halogens is 1. The van der Waals surface area contributed by atoms with Crippen LogP contribution in [-0.4, -0.2) is 20.3 Å². The lowest BCUT2D eigenvalue weighted by Crippen LogP contribution is -2.35. The summed E-state index contributed by atoms with van der Waals surface area (Å²) < 4.78 is 2.94. The molecule has 2 aromatic rings. The van der Waals surface area contributed by atoms with Gasteiger partial charge in [0.25, 0.3) is 0 Å². The number of rotatable bonds is 3. The molecular weight excluding hydrogens is 328 g/mol. The lowest BCUT2D eigenvalue weighted by atomic mass is 10.1. The Balaban J connectivity index is 2.37. The zero-order chi connectivity index (χ0) is 15.8. The summed E-state index contributed by atoms with van der Waals surface area (Å²) in [6.45, 7) is 13.4. The molecule has 114 valence electrons. The fraction of sp³-hybridized carbons (Fsp3) is 0.500. The predicted octanol–water partition coefficient (Wildman–Crippen LogP) is 3.84. The zero-order valence-electron chi connectivity index (χ0n) is 13.6. The highest BCUT2D eigenvalue weighted by Crippen LogP contribution is 2.23. The van der Waals surface area contributed by atoms with Crippen molar-refractivity contribution in [3.63, 3.8) is 0 Å². The highest BCUT2D eigenvalue weighted by molar-refractivity contribution is 9.10. The van der Waals surface area contributed by atoms with Crippen LogP contribution >= 0.6 is 15.9 Å². The van der Waals surface area contributed by atoms with Gasteiger partial charge < -0.3 is 5.32 Å². The molecule has 0 fully saturated rings. The molecule has 0 aliphatic heterocycles. The zero-order valence-corrected chi connectivity index (χ0v) is 15.2. The summed E-state index contributed by atoms with van der Waals surface area (Å²) in [4.78, 5) is 4.62. The fourth-order valence-corrected chi connectivity index (χ4v) is 2.39. The normalized spacial score (nSPS) is 12.0. The van der Waals surface area contributed by atoms with Crippen LogP contribution in [0, 0.1) is 20.8 Å². The predicted molar refractivity (Wildman–Crippen MR) is 89.9 cm³/mol. The van der Waals surface area contributed by atoms with Gasteiger partial charge in [0.15, 0.2) is 5.82 Å². The molecule has 0 aliphatic rings. The number of nitrogens with one attached hydrogen (secondary N) is 1. The number of aryl methyl sites for hydroxylation is 2. The Bertz CT molecular complexity index is 653. The van der Waals surface area contributed by atoms with Crippen molar-refractivity contribution < 1.29 is 0 Å². The molecule has 0 unspecified atom stereocenters. The van der Waals surface area contributed by atoms with Crippen molar-refractivity contribution in [2.75, 3.05) is 0 Å². The molecule has 0 amide bonds. The van der Waals surface area contributed by atoms with Gasteiger partial charge in [0, 0.05) is 17.8 Å². The van der Waals surface area contributed by atoms with Crippen molar-refractivity contribution in [3.05, 3.63) is 39.3 Å². The number of aromatic nitrogens is 3. The maximum absolute atomic E-state index is 4.62. The van der Waals surface area contributed by atoms with E-state index in [0.29, 0.717) is 0 Å². The van der Waals surface area contributed by atoms with E-state index in [-0.39, 0.29) is 5.54 Å². The molecule has 2 heterocycles. The lowest BCUT2D eigenvalue weighted by molar-refractivity contribution is 0.424. The second kappa shape index (κ2) is 5.89. The summed E-state index contributed by atoms with van der Waals surface area (Å²) in [7, 11) is 0. The molecule has 5 heteroatoms. The first-order chi connectivity index (χ1) is 9.67. The Kier molecular flexibility index (Phi) is 4.54. The fourth-order valence-electron chi connectivity index (χ4n) is 2.15. The van der Waals surface area contributed by atoms with Crippen LogP contribution in [0.2, 0.25) is 0 Å². The number of pyridine rings is 1. The number of hydrogen-bond acceptors (Lipinski definition) is 3. The van der Waals surface area contributed by atoms with Crippen molar-refractivity contribution in [2.45, 2.75) is 53.6 Å². The van der Waals surface area contributed by atoms with Crippen molar-refractivity contribution in [2.24, 2.45) is 0 Å². The van der Waals surface area contributed by atoms with Gasteiger partial charge in [0.2, 0.25) is 0 Å². The first-order valence-electron chi connectivity index (χ1n) is 7.12. The summed E-state index contributed by atoms with van der Waals surface area (Å²) in [5.74, 6) is 0.868. The van der Waals surface area contributed by atoms with E-state index in [0.717, 1.165) is 33.9 Å². The number of hydrogen-bond donors (Lipinski definition) is 1. The average Bonchev–Trinajstić information content (AvgIpc) is 2.63. The molecule has 0 aromatic carbocycles.